The lowest BCUT2D eigenvalue weighted by atomic mass is 9.81. The third-order valence-electron chi connectivity index (χ3n) is 6.48. The molecule has 1 N–H and O–H groups in total. The fourth-order valence-electron chi connectivity index (χ4n) is 4.77. The van der Waals surface area contributed by atoms with Crippen molar-refractivity contribution in [2.45, 2.75) is 76.6 Å². The summed E-state index contributed by atoms with van der Waals surface area (Å²) in [5.41, 5.74) is 4.54. The van der Waals surface area contributed by atoms with Crippen molar-refractivity contribution in [2.24, 2.45) is 5.92 Å². The quantitative estimate of drug-likeness (QED) is 0.710. The van der Waals surface area contributed by atoms with E-state index in [2.05, 4.69) is 18.3 Å². The molecule has 2 aliphatic heterocycles. The SMILES string of the molecule is Cc1c(CC2CCCC(OC3CN(C(=O)OC(C)C)C3)[C@@H]2Cl)ccc2c1CC(=O)N2. The van der Waals surface area contributed by atoms with Crippen LogP contribution in [0.1, 0.15) is 49.8 Å². The summed E-state index contributed by atoms with van der Waals surface area (Å²) in [7, 11) is 0. The molecular weight excluding hydrogens is 404 g/mol. The molecule has 1 aliphatic carbocycles. The minimum atomic E-state index is -0.270. The van der Waals surface area contributed by atoms with Gasteiger partial charge in [0, 0.05) is 5.69 Å². The van der Waals surface area contributed by atoms with E-state index >= 15 is 0 Å². The Labute approximate surface area is 183 Å². The molecule has 3 aliphatic rings. The van der Waals surface area contributed by atoms with Crippen LogP contribution in [0.15, 0.2) is 12.1 Å². The third-order valence-corrected chi connectivity index (χ3v) is 7.12. The van der Waals surface area contributed by atoms with E-state index in [4.69, 9.17) is 21.1 Å². The first kappa shape index (κ1) is 21.4. The van der Waals surface area contributed by atoms with Gasteiger partial charge in [-0.05, 0) is 68.7 Å². The molecular formula is C23H31ClN2O4. The zero-order chi connectivity index (χ0) is 21.4. The highest BCUT2D eigenvalue weighted by Gasteiger charge is 2.39. The van der Waals surface area contributed by atoms with Gasteiger partial charge in [0.1, 0.15) is 0 Å². The number of hydrogen-bond acceptors (Lipinski definition) is 4. The average Bonchev–Trinajstić information content (AvgIpc) is 3.03. The number of alkyl halides is 1. The van der Waals surface area contributed by atoms with Crippen LogP contribution in [-0.4, -0.2) is 53.7 Å². The summed E-state index contributed by atoms with van der Waals surface area (Å²) in [6.07, 6.45) is 4.16. The summed E-state index contributed by atoms with van der Waals surface area (Å²) in [6.45, 7) is 6.95. The second-order valence-electron chi connectivity index (χ2n) is 9.07. The van der Waals surface area contributed by atoms with Gasteiger partial charge in [0.25, 0.3) is 0 Å². The highest BCUT2D eigenvalue weighted by atomic mass is 35.5. The normalized spacial score (nSPS) is 26.4. The maximum atomic E-state index is 11.9. The lowest BCUT2D eigenvalue weighted by molar-refractivity contribution is -0.115. The number of benzene rings is 1. The van der Waals surface area contributed by atoms with Crippen molar-refractivity contribution in [1.82, 2.24) is 4.90 Å². The molecule has 1 saturated carbocycles. The average molecular weight is 435 g/mol. The van der Waals surface area contributed by atoms with Crippen molar-refractivity contribution in [2.75, 3.05) is 18.4 Å². The number of nitrogens with zero attached hydrogens (tertiary/aromatic N) is 1. The molecule has 4 rings (SSSR count). The predicted molar refractivity (Wildman–Crippen MR) is 116 cm³/mol. The second-order valence-corrected chi connectivity index (χ2v) is 9.58. The standard InChI is InChI=1S/C23H31ClN2O4/c1-13(2)29-23(28)26-11-17(12-26)30-20-6-4-5-16(22(20)24)9-15-7-8-19-18(14(15)3)10-21(27)25-19/h7-8,13,16-17,20,22H,4-6,9-12H2,1-3H3,(H,25,27)/t16?,20?,22-/m1/s1. The number of anilines is 1. The fourth-order valence-corrected chi connectivity index (χ4v) is 5.17. The van der Waals surface area contributed by atoms with E-state index in [1.807, 2.05) is 19.9 Å². The first-order valence-electron chi connectivity index (χ1n) is 11.0. The molecule has 0 bridgehead atoms. The summed E-state index contributed by atoms with van der Waals surface area (Å²) in [6, 6.07) is 4.14. The van der Waals surface area contributed by atoms with E-state index < -0.39 is 0 Å². The Morgan fingerprint density at radius 1 is 1.30 bits per heavy atom. The Balaban J connectivity index is 1.32. The highest BCUT2D eigenvalue weighted by Crippen LogP contribution is 2.37. The van der Waals surface area contributed by atoms with Crippen molar-refractivity contribution in [3.05, 3.63) is 28.8 Å². The Morgan fingerprint density at radius 2 is 2.07 bits per heavy atom. The molecule has 164 valence electrons. The van der Waals surface area contributed by atoms with Gasteiger partial charge in [-0.1, -0.05) is 12.5 Å². The van der Waals surface area contributed by atoms with Gasteiger partial charge in [0.05, 0.1) is 43.2 Å². The Kier molecular flexibility index (Phi) is 6.26. The second kappa shape index (κ2) is 8.75. The molecule has 0 aromatic heterocycles. The molecule has 1 aromatic carbocycles. The number of carbonyl (C=O) groups excluding carboxylic acids is 2. The lowest BCUT2D eigenvalue weighted by Gasteiger charge is -2.43. The van der Waals surface area contributed by atoms with Gasteiger partial charge in [0.2, 0.25) is 5.91 Å². The smallest absolute Gasteiger partial charge is 0.410 e. The van der Waals surface area contributed by atoms with Crippen LogP contribution in [0.5, 0.6) is 0 Å². The van der Waals surface area contributed by atoms with Crippen molar-refractivity contribution in [1.29, 1.82) is 0 Å². The summed E-state index contributed by atoms with van der Waals surface area (Å²) in [5.74, 6) is 0.410. The zero-order valence-corrected chi connectivity index (χ0v) is 18.7. The molecule has 2 amide bonds. The first-order valence-corrected chi connectivity index (χ1v) is 11.4. The van der Waals surface area contributed by atoms with Crippen LogP contribution < -0.4 is 5.32 Å². The Morgan fingerprint density at radius 3 is 2.80 bits per heavy atom. The number of amides is 2. The molecule has 6 nitrogen and oxygen atoms in total. The number of rotatable bonds is 5. The van der Waals surface area contributed by atoms with E-state index in [0.717, 1.165) is 36.9 Å². The van der Waals surface area contributed by atoms with Gasteiger partial charge < -0.3 is 19.7 Å². The van der Waals surface area contributed by atoms with Crippen LogP contribution >= 0.6 is 11.6 Å². The van der Waals surface area contributed by atoms with E-state index in [9.17, 15) is 9.59 Å². The number of halogens is 1. The van der Waals surface area contributed by atoms with E-state index in [1.54, 1.807) is 4.90 Å². The molecule has 1 saturated heterocycles. The van der Waals surface area contributed by atoms with E-state index in [-0.39, 0.29) is 35.7 Å². The van der Waals surface area contributed by atoms with E-state index in [0.29, 0.717) is 25.4 Å². The van der Waals surface area contributed by atoms with Crippen LogP contribution in [0.2, 0.25) is 0 Å². The largest absolute Gasteiger partial charge is 0.447 e. The summed E-state index contributed by atoms with van der Waals surface area (Å²) >= 11 is 6.89. The minimum Gasteiger partial charge on any atom is -0.447 e. The third kappa shape index (κ3) is 4.45. The van der Waals surface area contributed by atoms with Gasteiger partial charge >= 0.3 is 6.09 Å². The maximum Gasteiger partial charge on any atom is 0.410 e. The molecule has 2 fully saturated rings. The highest BCUT2D eigenvalue weighted by molar-refractivity contribution is 6.21. The van der Waals surface area contributed by atoms with Crippen molar-refractivity contribution in [3.8, 4) is 0 Å². The first-order chi connectivity index (χ1) is 14.3. The zero-order valence-electron chi connectivity index (χ0n) is 17.9. The molecule has 3 atom stereocenters. The molecule has 30 heavy (non-hydrogen) atoms. The summed E-state index contributed by atoms with van der Waals surface area (Å²) < 4.78 is 11.5. The Hall–Kier alpha value is -1.79. The summed E-state index contributed by atoms with van der Waals surface area (Å²) in [4.78, 5) is 25.3. The van der Waals surface area contributed by atoms with Crippen LogP contribution in [-0.2, 0) is 27.1 Å². The minimum absolute atomic E-state index is 0.0108. The summed E-state index contributed by atoms with van der Waals surface area (Å²) in [5, 5.41) is 2.87. The van der Waals surface area contributed by atoms with Gasteiger partial charge in [-0.15, -0.1) is 11.6 Å². The van der Waals surface area contributed by atoms with Crippen LogP contribution in [0.3, 0.4) is 0 Å². The van der Waals surface area contributed by atoms with Crippen molar-refractivity contribution in [3.63, 3.8) is 0 Å². The van der Waals surface area contributed by atoms with Gasteiger partial charge in [-0.25, -0.2) is 4.79 Å². The Bertz CT molecular complexity index is 822. The fraction of sp³-hybridized carbons (Fsp3) is 0.652. The number of nitrogens with one attached hydrogen (secondary N) is 1. The van der Waals surface area contributed by atoms with Gasteiger partial charge in [-0.2, -0.15) is 0 Å². The number of likely N-dealkylation sites (tertiary alicyclic amines) is 1. The van der Waals surface area contributed by atoms with Gasteiger partial charge in [-0.3, -0.25) is 4.79 Å². The van der Waals surface area contributed by atoms with Crippen molar-refractivity contribution < 1.29 is 19.1 Å². The van der Waals surface area contributed by atoms with Crippen molar-refractivity contribution >= 4 is 29.3 Å². The van der Waals surface area contributed by atoms with Crippen LogP contribution in [0.25, 0.3) is 0 Å². The number of ether oxygens (including phenoxy) is 2. The van der Waals surface area contributed by atoms with Gasteiger partial charge in [0.15, 0.2) is 0 Å². The molecule has 1 aromatic rings. The van der Waals surface area contributed by atoms with Crippen LogP contribution in [0.4, 0.5) is 10.5 Å². The monoisotopic (exact) mass is 434 g/mol. The molecule has 0 radical (unpaired) electrons. The maximum absolute atomic E-state index is 11.9. The predicted octanol–water partition coefficient (Wildman–Crippen LogP) is 4.05. The lowest BCUT2D eigenvalue weighted by Crippen LogP contribution is -2.57. The number of fused-ring (bicyclic) bond motifs is 1. The van der Waals surface area contributed by atoms with Crippen LogP contribution in [0, 0.1) is 12.8 Å². The number of carbonyl (C=O) groups is 2. The molecule has 0 spiro atoms. The van der Waals surface area contributed by atoms with E-state index in [1.165, 1.54) is 11.1 Å². The number of hydrogen-bond donors (Lipinski definition) is 1. The topological polar surface area (TPSA) is 67.9 Å². The molecule has 7 heteroatoms. The molecule has 2 heterocycles. The molecule has 2 unspecified atom stereocenters.